The molecule has 7 nitrogen and oxygen atoms in total. The van der Waals surface area contributed by atoms with E-state index in [-0.39, 0.29) is 31.5 Å². The molecule has 0 saturated heterocycles. The van der Waals surface area contributed by atoms with Gasteiger partial charge in [-0.15, -0.1) is 0 Å². The van der Waals surface area contributed by atoms with Gasteiger partial charge in [0.2, 0.25) is 0 Å². The van der Waals surface area contributed by atoms with Gasteiger partial charge in [-0.3, -0.25) is 19.4 Å². The van der Waals surface area contributed by atoms with Crippen LogP contribution >= 0.6 is 0 Å². The Morgan fingerprint density at radius 3 is 1.85 bits per heavy atom. The summed E-state index contributed by atoms with van der Waals surface area (Å²) in [6, 6.07) is 27.1. The molecule has 3 aromatic rings. The van der Waals surface area contributed by atoms with Crippen LogP contribution in [0.2, 0.25) is 0 Å². The summed E-state index contributed by atoms with van der Waals surface area (Å²) in [7, 11) is 0. The van der Waals surface area contributed by atoms with Crippen LogP contribution in [0.1, 0.15) is 45.7 Å². The minimum absolute atomic E-state index is 0.215. The zero-order chi connectivity index (χ0) is 29.1. The van der Waals surface area contributed by atoms with E-state index in [1.807, 2.05) is 36.4 Å². The smallest absolute Gasteiger partial charge is 0.261 e. The molecule has 218 valence electrons. The number of nitrogens with one attached hydrogen (secondary N) is 1. The van der Waals surface area contributed by atoms with Crippen molar-refractivity contribution in [3.8, 4) is 0 Å². The lowest BCUT2D eigenvalue weighted by Crippen LogP contribution is -2.45. The third-order valence-electron chi connectivity index (χ3n) is 7.18. The van der Waals surface area contributed by atoms with Crippen LogP contribution in [0.25, 0.3) is 0 Å². The monoisotopic (exact) mass is 561 g/mol. The lowest BCUT2D eigenvalue weighted by Gasteiger charge is -2.33. The molecule has 0 radical (unpaired) electrons. The number of ether oxygens (including phenoxy) is 2. The molecule has 0 saturated carbocycles. The molecule has 1 aliphatic heterocycles. The summed E-state index contributed by atoms with van der Waals surface area (Å²) in [5.74, 6) is -0.553. The Labute approximate surface area is 242 Å². The molecule has 0 fully saturated rings. The van der Waals surface area contributed by atoms with Crippen molar-refractivity contribution < 1.29 is 23.5 Å². The second-order valence-electron chi connectivity index (χ2n) is 10.7. The van der Waals surface area contributed by atoms with E-state index in [0.29, 0.717) is 50.5 Å². The fraction of sp³-hybridized carbons (Fsp3) is 0.394. The first-order valence-corrected chi connectivity index (χ1v) is 14.2. The Morgan fingerprint density at radius 1 is 0.780 bits per heavy atom. The van der Waals surface area contributed by atoms with Gasteiger partial charge in [-0.2, -0.15) is 0 Å². The van der Waals surface area contributed by atoms with Crippen molar-refractivity contribution in [1.29, 1.82) is 0 Å². The van der Waals surface area contributed by atoms with Gasteiger partial charge in [0.15, 0.2) is 0 Å². The highest BCUT2D eigenvalue weighted by atomic mass is 19.1. The molecule has 4 rings (SSSR count). The molecule has 0 bridgehead atoms. The van der Waals surface area contributed by atoms with Crippen molar-refractivity contribution in [1.82, 2.24) is 15.1 Å². The second-order valence-corrected chi connectivity index (χ2v) is 10.7. The summed E-state index contributed by atoms with van der Waals surface area (Å²) in [4.78, 5) is 28.1. The Kier molecular flexibility index (Phi) is 11.2. The first-order chi connectivity index (χ1) is 19.8. The van der Waals surface area contributed by atoms with Crippen LogP contribution in [-0.2, 0) is 22.6 Å². The zero-order valence-corrected chi connectivity index (χ0v) is 23.9. The quantitative estimate of drug-likeness (QED) is 0.190. The van der Waals surface area contributed by atoms with E-state index in [1.165, 1.54) is 4.90 Å². The predicted octanol–water partition coefficient (Wildman–Crippen LogP) is 4.72. The van der Waals surface area contributed by atoms with E-state index in [1.54, 1.807) is 38.1 Å². The molecule has 2 amide bonds. The summed E-state index contributed by atoms with van der Waals surface area (Å²) >= 11 is 0. The number of rotatable bonds is 17. The summed E-state index contributed by atoms with van der Waals surface area (Å²) in [6.45, 7) is 7.55. The van der Waals surface area contributed by atoms with Crippen molar-refractivity contribution in [3.63, 3.8) is 0 Å². The largest absolute Gasteiger partial charge is 0.378 e. The van der Waals surface area contributed by atoms with Gasteiger partial charge in [0.25, 0.3) is 11.8 Å². The maximum atomic E-state index is 15.6. The van der Waals surface area contributed by atoms with Crippen molar-refractivity contribution in [2.45, 2.75) is 38.7 Å². The lowest BCUT2D eigenvalue weighted by molar-refractivity contribution is -0.0789. The number of halogens is 1. The number of hydrogen-bond acceptors (Lipinski definition) is 6. The molecule has 1 unspecified atom stereocenters. The molecular weight excluding hydrogens is 521 g/mol. The standard InChI is InChI=1S/C33H40FN3O4/c1-33(2,30(34)25-36(23-26-11-5-3-6-12-26)24-27-13-7-4-8-14-27)41-21-18-35-17-20-40-22-19-37-31(38)28-15-9-10-16-29(28)32(37)39/h3-16,30,35H,17-25H2,1-2H3. The van der Waals surface area contributed by atoms with Crippen LogP contribution in [0.3, 0.4) is 0 Å². The molecule has 1 N–H and O–H groups in total. The third-order valence-corrected chi connectivity index (χ3v) is 7.18. The molecule has 1 aliphatic rings. The van der Waals surface area contributed by atoms with Crippen LogP contribution < -0.4 is 5.32 Å². The number of carbonyl (C=O) groups excluding carboxylic acids is 2. The van der Waals surface area contributed by atoms with E-state index in [4.69, 9.17) is 9.47 Å². The normalized spacial score (nSPS) is 14.1. The number of alkyl halides is 1. The van der Waals surface area contributed by atoms with E-state index in [9.17, 15) is 9.59 Å². The average molecular weight is 562 g/mol. The van der Waals surface area contributed by atoms with Crippen LogP contribution in [0, 0.1) is 0 Å². The van der Waals surface area contributed by atoms with Crippen molar-refractivity contribution in [3.05, 3.63) is 107 Å². The highest BCUT2D eigenvalue weighted by Crippen LogP contribution is 2.23. The van der Waals surface area contributed by atoms with Crippen LogP contribution in [0.4, 0.5) is 4.39 Å². The van der Waals surface area contributed by atoms with Gasteiger partial charge >= 0.3 is 0 Å². The van der Waals surface area contributed by atoms with Crippen LogP contribution in [0.15, 0.2) is 84.9 Å². The molecular formula is C33H40FN3O4. The topological polar surface area (TPSA) is 71.1 Å². The van der Waals surface area contributed by atoms with E-state index >= 15 is 4.39 Å². The van der Waals surface area contributed by atoms with Gasteiger partial charge in [-0.25, -0.2) is 4.39 Å². The van der Waals surface area contributed by atoms with Gasteiger partial charge in [-0.05, 0) is 37.1 Å². The number of benzene rings is 3. The van der Waals surface area contributed by atoms with E-state index < -0.39 is 11.8 Å². The zero-order valence-electron chi connectivity index (χ0n) is 23.9. The maximum absolute atomic E-state index is 15.6. The van der Waals surface area contributed by atoms with Gasteiger partial charge in [0, 0.05) is 32.7 Å². The molecule has 41 heavy (non-hydrogen) atoms. The van der Waals surface area contributed by atoms with Crippen LogP contribution in [0.5, 0.6) is 0 Å². The number of nitrogens with zero attached hydrogens (tertiary/aromatic N) is 2. The first-order valence-electron chi connectivity index (χ1n) is 14.2. The SMILES string of the molecule is CC(C)(OCCNCCOCCN1C(=O)c2ccccc2C1=O)C(F)CN(Cc1ccccc1)Cc1ccccc1. The first kappa shape index (κ1) is 30.5. The minimum atomic E-state index is -1.18. The van der Waals surface area contributed by atoms with Crippen molar-refractivity contribution >= 4 is 11.8 Å². The summed E-state index contributed by atoms with van der Waals surface area (Å²) in [6.07, 6.45) is -1.18. The fourth-order valence-electron chi connectivity index (χ4n) is 4.76. The second kappa shape index (κ2) is 15.0. The molecule has 0 aromatic heterocycles. The molecule has 0 spiro atoms. The third kappa shape index (κ3) is 8.78. The Hall–Kier alpha value is -3.43. The predicted molar refractivity (Wildman–Crippen MR) is 157 cm³/mol. The van der Waals surface area contributed by atoms with Crippen LogP contribution in [-0.4, -0.2) is 79.4 Å². The van der Waals surface area contributed by atoms with Gasteiger partial charge in [0.05, 0.1) is 43.1 Å². The number of fused-ring (bicyclic) bond motifs is 1. The molecule has 1 heterocycles. The average Bonchev–Trinajstić information content (AvgIpc) is 3.22. The van der Waals surface area contributed by atoms with Crippen molar-refractivity contribution in [2.75, 3.05) is 46.0 Å². The minimum Gasteiger partial charge on any atom is -0.378 e. The molecule has 1 atom stereocenters. The maximum Gasteiger partial charge on any atom is 0.261 e. The van der Waals surface area contributed by atoms with E-state index in [2.05, 4.69) is 34.5 Å². The highest BCUT2D eigenvalue weighted by Gasteiger charge is 2.35. The summed E-state index contributed by atoms with van der Waals surface area (Å²) in [5.41, 5.74) is 2.22. The van der Waals surface area contributed by atoms with Gasteiger partial charge < -0.3 is 14.8 Å². The molecule has 3 aromatic carbocycles. The number of carbonyl (C=O) groups is 2. The highest BCUT2D eigenvalue weighted by molar-refractivity contribution is 6.21. The number of imide groups is 1. The molecule has 8 heteroatoms. The van der Waals surface area contributed by atoms with Gasteiger partial charge in [-0.1, -0.05) is 72.8 Å². The summed E-state index contributed by atoms with van der Waals surface area (Å²) in [5, 5.41) is 3.23. The van der Waals surface area contributed by atoms with Crippen molar-refractivity contribution in [2.24, 2.45) is 0 Å². The lowest BCUT2D eigenvalue weighted by atomic mass is 10.0. The number of amides is 2. The van der Waals surface area contributed by atoms with Gasteiger partial charge in [0.1, 0.15) is 6.17 Å². The summed E-state index contributed by atoms with van der Waals surface area (Å²) < 4.78 is 27.1. The molecule has 0 aliphatic carbocycles. The Morgan fingerprint density at radius 2 is 1.29 bits per heavy atom. The Bertz CT molecular complexity index is 1180. The Balaban J connectivity index is 1.13. The number of hydrogen-bond donors (Lipinski definition) is 1. The van der Waals surface area contributed by atoms with E-state index in [0.717, 1.165) is 11.1 Å². The fourth-order valence-corrected chi connectivity index (χ4v) is 4.76.